The second-order valence-corrected chi connectivity index (χ2v) is 10.8. The van der Waals surface area contributed by atoms with Gasteiger partial charge < -0.3 is 16.4 Å². The molecule has 3 aromatic rings. The average Bonchev–Trinajstić information content (AvgIpc) is 2.90. The second-order valence-electron chi connectivity index (χ2n) is 9.11. The topological polar surface area (TPSA) is 131 Å². The summed E-state index contributed by atoms with van der Waals surface area (Å²) in [5.74, 6) is 0.148. The number of nitrogens with one attached hydrogen (secondary N) is 1. The fourth-order valence-corrected chi connectivity index (χ4v) is 6.25. The molecular weight excluding hydrogens is 474 g/mol. The number of carbonyl (C=O) groups excluding carboxylic acids is 1. The summed E-state index contributed by atoms with van der Waals surface area (Å²) in [5, 5.41) is 1.43. The number of sulfonamides is 1. The van der Waals surface area contributed by atoms with Crippen LogP contribution in [0.2, 0.25) is 0 Å². The molecule has 3 aromatic carbocycles. The van der Waals surface area contributed by atoms with Gasteiger partial charge in [-0.3, -0.25) is 9.79 Å². The first-order valence-electron chi connectivity index (χ1n) is 12.2. The van der Waals surface area contributed by atoms with Crippen LogP contribution in [-0.4, -0.2) is 50.9 Å². The normalized spacial score (nSPS) is 15.5. The van der Waals surface area contributed by atoms with Gasteiger partial charge in [0, 0.05) is 25.0 Å². The number of amides is 1. The van der Waals surface area contributed by atoms with Gasteiger partial charge in [0.25, 0.3) is 0 Å². The van der Waals surface area contributed by atoms with Crippen molar-refractivity contribution >= 4 is 32.7 Å². The Kier molecular flexibility index (Phi) is 8.22. The van der Waals surface area contributed by atoms with Crippen LogP contribution >= 0.6 is 0 Å². The Balaban J connectivity index is 1.51. The summed E-state index contributed by atoms with van der Waals surface area (Å²) in [6, 6.07) is 21.8. The number of hydrogen-bond acceptors (Lipinski definition) is 4. The van der Waals surface area contributed by atoms with E-state index in [1.54, 1.807) is 29.2 Å². The highest BCUT2D eigenvalue weighted by atomic mass is 32.2. The molecule has 190 valence electrons. The number of nitrogens with two attached hydrogens (primary N) is 2. The van der Waals surface area contributed by atoms with E-state index < -0.39 is 16.1 Å². The van der Waals surface area contributed by atoms with Gasteiger partial charge in [0.1, 0.15) is 6.04 Å². The van der Waals surface area contributed by atoms with Crippen molar-refractivity contribution in [1.82, 2.24) is 9.62 Å². The third kappa shape index (κ3) is 6.22. The molecule has 1 heterocycles. The van der Waals surface area contributed by atoms with E-state index in [0.717, 1.165) is 18.2 Å². The first kappa shape index (κ1) is 25.7. The van der Waals surface area contributed by atoms with E-state index in [4.69, 9.17) is 11.5 Å². The predicted octanol–water partition coefficient (Wildman–Crippen LogP) is 2.95. The van der Waals surface area contributed by atoms with Crippen LogP contribution in [0.5, 0.6) is 0 Å². The first-order valence-corrected chi connectivity index (χ1v) is 13.7. The number of likely N-dealkylation sites (tertiary alicyclic amines) is 1. The Labute approximate surface area is 212 Å². The number of benzene rings is 3. The van der Waals surface area contributed by atoms with Crippen LogP contribution in [0.4, 0.5) is 0 Å². The minimum absolute atomic E-state index is 0.0304. The van der Waals surface area contributed by atoms with E-state index in [9.17, 15) is 13.2 Å². The van der Waals surface area contributed by atoms with Crippen LogP contribution in [-0.2, 0) is 14.8 Å². The SMILES string of the molecule is NC(N)=NCCCC(NS(=O)(=O)c1cccc2ccccc12)C(=O)N1CCC(c2ccccc2)CC1. The summed E-state index contributed by atoms with van der Waals surface area (Å²) >= 11 is 0. The fourth-order valence-electron chi connectivity index (χ4n) is 4.80. The van der Waals surface area contributed by atoms with Crippen molar-refractivity contribution in [1.29, 1.82) is 0 Å². The lowest BCUT2D eigenvalue weighted by molar-refractivity contribution is -0.134. The Morgan fingerprint density at radius 3 is 2.36 bits per heavy atom. The maximum absolute atomic E-state index is 13.6. The monoisotopic (exact) mass is 507 g/mol. The van der Waals surface area contributed by atoms with Crippen LogP contribution in [0.3, 0.4) is 0 Å². The number of fused-ring (bicyclic) bond motifs is 1. The molecule has 5 N–H and O–H groups in total. The lowest BCUT2D eigenvalue weighted by Crippen LogP contribution is -2.50. The summed E-state index contributed by atoms with van der Waals surface area (Å²) in [4.78, 5) is 19.5. The molecule has 0 aliphatic carbocycles. The van der Waals surface area contributed by atoms with Crippen molar-refractivity contribution in [2.24, 2.45) is 16.5 Å². The Bertz CT molecular complexity index is 1310. The molecule has 0 spiro atoms. The van der Waals surface area contributed by atoms with Gasteiger partial charge >= 0.3 is 0 Å². The molecule has 36 heavy (non-hydrogen) atoms. The molecule has 0 aromatic heterocycles. The molecule has 1 aliphatic heterocycles. The van der Waals surface area contributed by atoms with E-state index >= 15 is 0 Å². The molecule has 0 radical (unpaired) electrons. The van der Waals surface area contributed by atoms with E-state index in [0.29, 0.717) is 37.4 Å². The summed E-state index contributed by atoms with van der Waals surface area (Å²) in [7, 11) is -3.96. The van der Waals surface area contributed by atoms with Crippen molar-refractivity contribution < 1.29 is 13.2 Å². The van der Waals surface area contributed by atoms with Crippen molar-refractivity contribution in [3.63, 3.8) is 0 Å². The van der Waals surface area contributed by atoms with Gasteiger partial charge in [0.2, 0.25) is 15.9 Å². The van der Waals surface area contributed by atoms with Gasteiger partial charge in [0.15, 0.2) is 5.96 Å². The van der Waals surface area contributed by atoms with Crippen molar-refractivity contribution in [2.45, 2.75) is 42.5 Å². The lowest BCUT2D eigenvalue weighted by atomic mass is 9.89. The van der Waals surface area contributed by atoms with Crippen LogP contribution in [0.25, 0.3) is 10.8 Å². The molecule has 1 aliphatic rings. The van der Waals surface area contributed by atoms with Crippen LogP contribution < -0.4 is 16.2 Å². The van der Waals surface area contributed by atoms with E-state index in [-0.39, 0.29) is 23.2 Å². The van der Waals surface area contributed by atoms with E-state index in [1.807, 2.05) is 36.4 Å². The predicted molar refractivity (Wildman–Crippen MR) is 143 cm³/mol. The molecule has 1 saturated heterocycles. The van der Waals surface area contributed by atoms with E-state index in [2.05, 4.69) is 21.8 Å². The molecule has 1 amide bonds. The zero-order valence-corrected chi connectivity index (χ0v) is 21.0. The number of aliphatic imine (C=N–C) groups is 1. The largest absolute Gasteiger partial charge is 0.370 e. The van der Waals surface area contributed by atoms with Gasteiger partial charge in [0.05, 0.1) is 4.90 Å². The van der Waals surface area contributed by atoms with Crippen LogP contribution in [0.15, 0.2) is 82.7 Å². The van der Waals surface area contributed by atoms with Gasteiger partial charge in [-0.05, 0) is 48.6 Å². The highest BCUT2D eigenvalue weighted by molar-refractivity contribution is 7.89. The first-order chi connectivity index (χ1) is 17.3. The average molecular weight is 508 g/mol. The van der Waals surface area contributed by atoms with Gasteiger partial charge in [-0.25, -0.2) is 8.42 Å². The zero-order valence-electron chi connectivity index (χ0n) is 20.2. The van der Waals surface area contributed by atoms with E-state index in [1.165, 1.54) is 5.56 Å². The Morgan fingerprint density at radius 2 is 1.64 bits per heavy atom. The summed E-state index contributed by atoms with van der Waals surface area (Å²) in [6.45, 7) is 1.48. The summed E-state index contributed by atoms with van der Waals surface area (Å²) < 4.78 is 29.6. The molecular formula is C27H33N5O3S. The highest BCUT2D eigenvalue weighted by Gasteiger charge is 2.32. The maximum Gasteiger partial charge on any atom is 0.241 e. The van der Waals surface area contributed by atoms with Crippen LogP contribution in [0.1, 0.15) is 37.2 Å². The summed E-state index contributed by atoms with van der Waals surface area (Å²) in [5.41, 5.74) is 12.1. The highest BCUT2D eigenvalue weighted by Crippen LogP contribution is 2.29. The fraction of sp³-hybridized carbons (Fsp3) is 0.333. The third-order valence-electron chi connectivity index (χ3n) is 6.66. The molecule has 1 fully saturated rings. The lowest BCUT2D eigenvalue weighted by Gasteiger charge is -2.34. The van der Waals surface area contributed by atoms with Crippen molar-refractivity contribution in [2.75, 3.05) is 19.6 Å². The van der Waals surface area contributed by atoms with Crippen LogP contribution in [0, 0.1) is 0 Å². The van der Waals surface area contributed by atoms with Gasteiger partial charge in [-0.1, -0.05) is 66.7 Å². The van der Waals surface area contributed by atoms with Crippen molar-refractivity contribution in [3.8, 4) is 0 Å². The number of nitrogens with zero attached hydrogens (tertiary/aromatic N) is 2. The minimum Gasteiger partial charge on any atom is -0.370 e. The number of hydrogen-bond donors (Lipinski definition) is 3. The van der Waals surface area contributed by atoms with Gasteiger partial charge in [-0.2, -0.15) is 4.72 Å². The zero-order chi connectivity index (χ0) is 25.5. The Hall–Kier alpha value is -3.43. The molecule has 1 unspecified atom stereocenters. The summed E-state index contributed by atoms with van der Waals surface area (Å²) in [6.07, 6.45) is 2.43. The minimum atomic E-state index is -3.96. The number of guanidine groups is 1. The number of piperidine rings is 1. The maximum atomic E-state index is 13.6. The van der Waals surface area contributed by atoms with Crippen molar-refractivity contribution in [3.05, 3.63) is 78.4 Å². The molecule has 4 rings (SSSR count). The molecule has 9 heteroatoms. The molecule has 0 bridgehead atoms. The molecule has 8 nitrogen and oxygen atoms in total. The smallest absolute Gasteiger partial charge is 0.241 e. The van der Waals surface area contributed by atoms with Gasteiger partial charge in [-0.15, -0.1) is 0 Å². The second kappa shape index (κ2) is 11.5. The molecule has 0 saturated carbocycles. The molecule has 1 atom stereocenters. The third-order valence-corrected chi connectivity index (χ3v) is 8.19. The number of rotatable bonds is 9. The Morgan fingerprint density at radius 1 is 0.972 bits per heavy atom. The standard InChI is InChI=1S/C27H33N5O3S/c28-27(29)30-17-7-13-24(26(33)32-18-15-21(16-19-32)20-8-2-1-3-9-20)31-36(34,35)25-14-6-11-22-10-4-5-12-23(22)25/h1-6,8-12,14,21,24,31H,7,13,15-19H2,(H4,28,29,30). The quantitative estimate of drug-likeness (QED) is 0.233. The number of carbonyl (C=O) groups is 1.